The van der Waals surface area contributed by atoms with E-state index < -0.39 is 17.8 Å². The summed E-state index contributed by atoms with van der Waals surface area (Å²) >= 11 is 1.30. The summed E-state index contributed by atoms with van der Waals surface area (Å²) in [7, 11) is 0. The highest BCUT2D eigenvalue weighted by Gasteiger charge is 2.39. The lowest BCUT2D eigenvalue weighted by Crippen LogP contribution is -2.30. The maximum absolute atomic E-state index is 12.8. The summed E-state index contributed by atoms with van der Waals surface area (Å²) in [5.74, 6) is -2.33. The van der Waals surface area contributed by atoms with Gasteiger partial charge in [-0.25, -0.2) is 4.90 Å². The first kappa shape index (κ1) is 18.5. The molecular formula is C20H11N4O4S-. The zero-order valence-corrected chi connectivity index (χ0v) is 15.5. The number of imide groups is 1. The van der Waals surface area contributed by atoms with Crippen molar-refractivity contribution in [3.05, 3.63) is 76.3 Å². The number of benzene rings is 2. The number of nitrogens with zero attached hydrogens (tertiary/aromatic N) is 3. The third kappa shape index (κ3) is 3.15. The fourth-order valence-corrected chi connectivity index (χ4v) is 3.87. The van der Waals surface area contributed by atoms with Crippen LogP contribution in [-0.4, -0.2) is 28.0 Å². The van der Waals surface area contributed by atoms with E-state index in [1.165, 1.54) is 23.9 Å². The van der Waals surface area contributed by atoms with Crippen molar-refractivity contribution < 1.29 is 19.5 Å². The lowest BCUT2D eigenvalue weighted by atomic mass is 10.1. The van der Waals surface area contributed by atoms with Crippen LogP contribution in [0.15, 0.2) is 53.6 Å². The Balaban J connectivity index is 1.66. The number of rotatable bonds is 5. The number of thioether (sulfide) groups is 1. The summed E-state index contributed by atoms with van der Waals surface area (Å²) in [5.41, 5.74) is 0.878. The number of carboxylic acids is 1. The van der Waals surface area contributed by atoms with Crippen LogP contribution < -0.4 is 10.0 Å². The second-order valence-corrected chi connectivity index (χ2v) is 7.10. The Kier molecular flexibility index (Phi) is 4.62. The molecule has 2 heterocycles. The molecule has 9 heteroatoms. The minimum atomic E-state index is -1.45. The van der Waals surface area contributed by atoms with E-state index >= 15 is 0 Å². The lowest BCUT2D eigenvalue weighted by molar-refractivity contribution is -0.255. The van der Waals surface area contributed by atoms with Crippen LogP contribution in [0.5, 0.6) is 0 Å². The molecule has 0 aliphatic carbocycles. The molecule has 0 fully saturated rings. The second-order valence-electron chi connectivity index (χ2n) is 6.13. The monoisotopic (exact) mass is 403 g/mol. The van der Waals surface area contributed by atoms with Crippen LogP contribution in [0.4, 0.5) is 5.82 Å². The minimum Gasteiger partial charge on any atom is -0.545 e. The van der Waals surface area contributed by atoms with Crippen LogP contribution in [0.1, 0.15) is 42.2 Å². The van der Waals surface area contributed by atoms with Gasteiger partial charge in [0.1, 0.15) is 16.7 Å². The number of hydrogen-bond acceptors (Lipinski definition) is 7. The van der Waals surface area contributed by atoms with Crippen LogP contribution in [0.3, 0.4) is 0 Å². The van der Waals surface area contributed by atoms with Gasteiger partial charge in [0, 0.05) is 5.75 Å². The molecule has 0 saturated carbocycles. The van der Waals surface area contributed by atoms with Gasteiger partial charge in [-0.3, -0.25) is 14.7 Å². The number of amides is 2. The predicted octanol–water partition coefficient (Wildman–Crippen LogP) is 1.74. The number of aromatic amines is 1. The molecule has 29 heavy (non-hydrogen) atoms. The Hall–Kier alpha value is -3.90. The van der Waals surface area contributed by atoms with Crippen LogP contribution in [-0.2, 0) is 5.75 Å². The zero-order chi connectivity index (χ0) is 20.5. The molecule has 1 aromatic heterocycles. The third-order valence-electron chi connectivity index (χ3n) is 4.39. The van der Waals surface area contributed by atoms with Crippen molar-refractivity contribution in [1.82, 2.24) is 10.2 Å². The van der Waals surface area contributed by atoms with Gasteiger partial charge in [0.05, 0.1) is 17.1 Å². The predicted molar refractivity (Wildman–Crippen MR) is 101 cm³/mol. The van der Waals surface area contributed by atoms with Gasteiger partial charge < -0.3 is 9.90 Å². The SMILES string of the molecule is N#Cc1c(SCc2ccccc2)n[nH]c1N1C(=O)c2ccc(C(=O)[O-])cc2C1=O. The standard InChI is InChI=1S/C20H12N4O4S/c21-9-15-16(22-23-17(15)29-10-11-4-2-1-3-5-11)24-18(25)13-7-6-12(20(27)28)8-14(13)19(24)26/h1-8H,10H2,(H,22,23)(H,27,28)/p-1. The number of aromatic nitrogens is 2. The summed E-state index contributed by atoms with van der Waals surface area (Å²) < 4.78 is 0. The Morgan fingerprint density at radius 2 is 1.86 bits per heavy atom. The van der Waals surface area contributed by atoms with Crippen molar-refractivity contribution in [2.45, 2.75) is 10.8 Å². The molecule has 8 nitrogen and oxygen atoms in total. The molecule has 1 N–H and O–H groups in total. The fourth-order valence-electron chi connectivity index (χ4n) is 2.98. The minimum absolute atomic E-state index is 0.0377. The number of anilines is 1. The third-order valence-corrected chi connectivity index (χ3v) is 5.44. The zero-order valence-electron chi connectivity index (χ0n) is 14.7. The Labute approximate surface area is 168 Å². The molecule has 1 aliphatic heterocycles. The molecule has 0 unspecified atom stereocenters. The molecular weight excluding hydrogens is 392 g/mol. The van der Waals surface area contributed by atoms with Crippen molar-refractivity contribution in [2.75, 3.05) is 4.90 Å². The van der Waals surface area contributed by atoms with Gasteiger partial charge >= 0.3 is 0 Å². The largest absolute Gasteiger partial charge is 0.545 e. The van der Waals surface area contributed by atoms with Crippen molar-refractivity contribution in [3.63, 3.8) is 0 Å². The molecule has 1 aliphatic rings. The van der Waals surface area contributed by atoms with Crippen LogP contribution in [0, 0.1) is 11.3 Å². The van der Waals surface area contributed by atoms with Gasteiger partial charge in [-0.05, 0) is 23.3 Å². The summed E-state index contributed by atoms with van der Waals surface area (Å²) in [6.07, 6.45) is 0. The van der Waals surface area contributed by atoms with Crippen molar-refractivity contribution in [2.24, 2.45) is 0 Å². The molecule has 142 valence electrons. The van der Waals surface area contributed by atoms with E-state index in [4.69, 9.17) is 0 Å². The number of nitriles is 1. The molecule has 2 amide bonds. The molecule has 2 aromatic carbocycles. The van der Waals surface area contributed by atoms with E-state index in [-0.39, 0.29) is 28.1 Å². The van der Waals surface area contributed by atoms with Gasteiger partial charge in [-0.1, -0.05) is 48.2 Å². The number of nitrogens with one attached hydrogen (secondary N) is 1. The van der Waals surface area contributed by atoms with Gasteiger partial charge in [0.2, 0.25) is 0 Å². The summed E-state index contributed by atoms with van der Waals surface area (Å²) in [6.45, 7) is 0. The molecule has 0 atom stereocenters. The van der Waals surface area contributed by atoms with Gasteiger partial charge in [0.25, 0.3) is 11.8 Å². The molecule has 0 bridgehead atoms. The number of carboxylic acid groups (broad SMARTS) is 1. The van der Waals surface area contributed by atoms with Gasteiger partial charge in [-0.15, -0.1) is 0 Å². The van der Waals surface area contributed by atoms with Gasteiger partial charge in [0.15, 0.2) is 5.82 Å². The van der Waals surface area contributed by atoms with Crippen molar-refractivity contribution in [3.8, 4) is 6.07 Å². The Bertz CT molecular complexity index is 1200. The number of hydrogen-bond donors (Lipinski definition) is 1. The highest BCUT2D eigenvalue weighted by Crippen LogP contribution is 2.34. The maximum atomic E-state index is 12.8. The van der Waals surface area contributed by atoms with Crippen LogP contribution in [0.25, 0.3) is 0 Å². The number of aromatic carboxylic acids is 1. The average molecular weight is 403 g/mol. The molecule has 3 aromatic rings. The number of carbonyl (C=O) groups is 3. The van der Waals surface area contributed by atoms with Crippen LogP contribution in [0.2, 0.25) is 0 Å². The fraction of sp³-hybridized carbons (Fsp3) is 0.0500. The first-order valence-electron chi connectivity index (χ1n) is 8.40. The van der Waals surface area contributed by atoms with E-state index in [1.54, 1.807) is 0 Å². The number of carbonyl (C=O) groups excluding carboxylic acids is 3. The highest BCUT2D eigenvalue weighted by molar-refractivity contribution is 7.98. The molecule has 0 saturated heterocycles. The van der Waals surface area contributed by atoms with Crippen molar-refractivity contribution >= 4 is 35.4 Å². The Morgan fingerprint density at radius 1 is 1.14 bits per heavy atom. The molecule has 0 radical (unpaired) electrons. The molecule has 0 spiro atoms. The normalized spacial score (nSPS) is 12.7. The van der Waals surface area contributed by atoms with Crippen LogP contribution >= 0.6 is 11.8 Å². The number of fused-ring (bicyclic) bond motifs is 1. The van der Waals surface area contributed by atoms with E-state index in [2.05, 4.69) is 10.2 Å². The number of H-pyrrole nitrogens is 1. The second kappa shape index (κ2) is 7.26. The highest BCUT2D eigenvalue weighted by atomic mass is 32.2. The summed E-state index contributed by atoms with van der Waals surface area (Å²) in [6, 6.07) is 15.1. The summed E-state index contributed by atoms with van der Waals surface area (Å²) in [4.78, 5) is 37.3. The first-order chi connectivity index (χ1) is 14.0. The summed E-state index contributed by atoms with van der Waals surface area (Å²) in [5, 5.41) is 27.7. The smallest absolute Gasteiger partial charge is 0.267 e. The quantitative estimate of drug-likeness (QED) is 0.507. The molecule has 4 rings (SSSR count). The topological polar surface area (TPSA) is 130 Å². The first-order valence-corrected chi connectivity index (χ1v) is 9.39. The maximum Gasteiger partial charge on any atom is 0.267 e. The Morgan fingerprint density at radius 3 is 2.55 bits per heavy atom. The average Bonchev–Trinajstić information content (AvgIpc) is 3.24. The lowest BCUT2D eigenvalue weighted by Gasteiger charge is -2.11. The van der Waals surface area contributed by atoms with E-state index in [0.29, 0.717) is 10.8 Å². The van der Waals surface area contributed by atoms with Crippen molar-refractivity contribution in [1.29, 1.82) is 5.26 Å². The van der Waals surface area contributed by atoms with E-state index in [9.17, 15) is 24.8 Å². The van der Waals surface area contributed by atoms with E-state index in [0.717, 1.165) is 16.5 Å². The van der Waals surface area contributed by atoms with E-state index in [1.807, 2.05) is 36.4 Å². The van der Waals surface area contributed by atoms with Gasteiger partial charge in [-0.2, -0.15) is 10.4 Å².